The first-order chi connectivity index (χ1) is 8.61. The van der Waals surface area contributed by atoms with E-state index in [2.05, 4.69) is 10.2 Å². The molecule has 18 heavy (non-hydrogen) atoms. The van der Waals surface area contributed by atoms with Crippen LogP contribution in [-0.4, -0.2) is 73.6 Å². The van der Waals surface area contributed by atoms with Crippen LogP contribution in [0.15, 0.2) is 0 Å². The molecule has 0 amide bonds. The van der Waals surface area contributed by atoms with E-state index >= 15 is 0 Å². The van der Waals surface area contributed by atoms with E-state index in [1.807, 2.05) is 0 Å². The average Bonchev–Trinajstić information content (AvgIpc) is 2.29. The lowest BCUT2D eigenvalue weighted by Gasteiger charge is -2.33. The third kappa shape index (κ3) is 6.30. The molecule has 1 heterocycles. The maximum Gasteiger partial charge on any atom is 0.317 e. The molecule has 1 fully saturated rings. The van der Waals surface area contributed by atoms with Crippen LogP contribution in [0.4, 0.5) is 0 Å². The molecule has 0 spiro atoms. The quantitative estimate of drug-likeness (QED) is 0.539. The number of carbonyl (C=O) groups is 1. The van der Waals surface area contributed by atoms with Crippen molar-refractivity contribution in [3.05, 3.63) is 0 Å². The number of methoxy groups -OCH3 is 1. The van der Waals surface area contributed by atoms with Gasteiger partial charge in [0.15, 0.2) is 0 Å². The number of aliphatic hydroxyl groups is 1. The van der Waals surface area contributed by atoms with Crippen LogP contribution >= 0.6 is 0 Å². The molecule has 6 heteroatoms. The van der Waals surface area contributed by atoms with Crippen molar-refractivity contribution in [1.82, 2.24) is 10.2 Å². The van der Waals surface area contributed by atoms with Gasteiger partial charge in [-0.3, -0.25) is 4.79 Å². The predicted octanol–water partition coefficient (Wildman–Crippen LogP) is -0.620. The number of β-amino-alcohol motifs (C(OH)–C–C–N with tert-alkyl or cyclic N) is 1. The van der Waals surface area contributed by atoms with Crippen molar-refractivity contribution in [3.63, 3.8) is 0 Å². The zero-order chi connectivity index (χ0) is 13.4. The van der Waals surface area contributed by atoms with Gasteiger partial charge in [-0.1, -0.05) is 0 Å². The van der Waals surface area contributed by atoms with Gasteiger partial charge in [0.1, 0.15) is 0 Å². The van der Waals surface area contributed by atoms with Gasteiger partial charge in [0.2, 0.25) is 0 Å². The highest BCUT2D eigenvalue weighted by Crippen LogP contribution is 2.15. The lowest BCUT2D eigenvalue weighted by Crippen LogP contribution is -2.44. The summed E-state index contributed by atoms with van der Waals surface area (Å²) in [5.41, 5.74) is 0. The molecule has 0 bridgehead atoms. The zero-order valence-corrected chi connectivity index (χ0v) is 11.0. The molecule has 0 radical (unpaired) electrons. The summed E-state index contributed by atoms with van der Waals surface area (Å²) >= 11 is 0. The van der Waals surface area contributed by atoms with E-state index in [0.717, 1.165) is 32.5 Å². The van der Waals surface area contributed by atoms with Crippen LogP contribution in [0.2, 0.25) is 0 Å². The molecule has 0 saturated carbocycles. The first-order valence-corrected chi connectivity index (χ1v) is 6.43. The van der Waals surface area contributed by atoms with Gasteiger partial charge in [-0.05, 0) is 31.8 Å². The number of likely N-dealkylation sites (tertiary alicyclic amines) is 1. The monoisotopic (exact) mass is 260 g/mol. The van der Waals surface area contributed by atoms with Crippen LogP contribution in [0.25, 0.3) is 0 Å². The summed E-state index contributed by atoms with van der Waals surface area (Å²) in [5.74, 6) is -0.356. The van der Waals surface area contributed by atoms with Crippen molar-refractivity contribution in [2.45, 2.75) is 18.9 Å². The van der Waals surface area contributed by atoms with E-state index in [-0.39, 0.29) is 6.54 Å². The molecule has 6 nitrogen and oxygen atoms in total. The van der Waals surface area contributed by atoms with Crippen molar-refractivity contribution < 1.29 is 19.7 Å². The number of hydrogen-bond acceptors (Lipinski definition) is 5. The smallest absolute Gasteiger partial charge is 0.317 e. The first-order valence-electron chi connectivity index (χ1n) is 6.43. The Bertz CT molecular complexity index is 250. The Morgan fingerprint density at radius 1 is 1.61 bits per heavy atom. The molecule has 106 valence electrons. The van der Waals surface area contributed by atoms with E-state index in [4.69, 9.17) is 9.84 Å². The van der Waals surface area contributed by atoms with Crippen molar-refractivity contribution in [2.75, 3.05) is 46.4 Å². The van der Waals surface area contributed by atoms with E-state index < -0.39 is 12.1 Å². The Morgan fingerprint density at radius 2 is 2.39 bits per heavy atom. The molecular weight excluding hydrogens is 236 g/mol. The van der Waals surface area contributed by atoms with Crippen LogP contribution in [-0.2, 0) is 9.53 Å². The van der Waals surface area contributed by atoms with Crippen LogP contribution < -0.4 is 5.32 Å². The van der Waals surface area contributed by atoms with Crippen molar-refractivity contribution in [3.8, 4) is 0 Å². The van der Waals surface area contributed by atoms with Gasteiger partial charge in [0, 0.05) is 20.2 Å². The minimum atomic E-state index is -0.821. The number of piperidine rings is 1. The lowest BCUT2D eigenvalue weighted by molar-refractivity contribution is -0.136. The molecule has 0 aromatic rings. The Hall–Kier alpha value is -0.690. The van der Waals surface area contributed by atoms with Gasteiger partial charge in [-0.2, -0.15) is 0 Å². The summed E-state index contributed by atoms with van der Waals surface area (Å²) in [4.78, 5) is 12.6. The Morgan fingerprint density at radius 3 is 3.06 bits per heavy atom. The number of ether oxygens (including phenoxy) is 1. The normalized spacial score (nSPS) is 22.9. The van der Waals surface area contributed by atoms with E-state index in [0.29, 0.717) is 19.1 Å². The summed E-state index contributed by atoms with van der Waals surface area (Å²) < 4.78 is 4.91. The van der Waals surface area contributed by atoms with Crippen molar-refractivity contribution in [2.24, 2.45) is 5.92 Å². The van der Waals surface area contributed by atoms with E-state index in [1.54, 1.807) is 7.11 Å². The third-order valence-corrected chi connectivity index (χ3v) is 3.14. The second kappa shape index (κ2) is 8.42. The third-order valence-electron chi connectivity index (χ3n) is 3.14. The second-order valence-corrected chi connectivity index (χ2v) is 4.90. The number of nitrogens with one attached hydrogen (secondary N) is 1. The highest BCUT2D eigenvalue weighted by molar-refractivity contribution is 5.68. The SMILES string of the molecule is COCC(O)CN1CCCC(CNCC(=O)O)C1. The van der Waals surface area contributed by atoms with Crippen LogP contribution in [0.1, 0.15) is 12.8 Å². The average molecular weight is 260 g/mol. The van der Waals surface area contributed by atoms with Gasteiger partial charge < -0.3 is 25.2 Å². The summed E-state index contributed by atoms with van der Waals surface area (Å²) in [6, 6.07) is 0. The van der Waals surface area contributed by atoms with Crippen molar-refractivity contribution >= 4 is 5.97 Å². The van der Waals surface area contributed by atoms with Gasteiger partial charge in [0.05, 0.1) is 19.3 Å². The molecule has 0 aromatic heterocycles. The first kappa shape index (κ1) is 15.4. The number of carboxylic acid groups (broad SMARTS) is 1. The largest absolute Gasteiger partial charge is 0.480 e. The summed E-state index contributed by atoms with van der Waals surface area (Å²) in [7, 11) is 1.58. The number of carboxylic acids is 1. The standard InChI is InChI=1S/C12H24N2O4/c1-18-9-11(15)8-14-4-2-3-10(7-14)5-13-6-12(16)17/h10-11,13,15H,2-9H2,1H3,(H,16,17). The maximum absolute atomic E-state index is 10.4. The van der Waals surface area contributed by atoms with Crippen LogP contribution in [0, 0.1) is 5.92 Å². The molecule has 2 atom stereocenters. The number of rotatable bonds is 8. The molecule has 1 rings (SSSR count). The van der Waals surface area contributed by atoms with E-state index in [9.17, 15) is 9.90 Å². The van der Waals surface area contributed by atoms with Gasteiger partial charge in [0.25, 0.3) is 0 Å². The van der Waals surface area contributed by atoms with Gasteiger partial charge in [-0.15, -0.1) is 0 Å². The summed E-state index contributed by atoms with van der Waals surface area (Å²) in [5, 5.41) is 21.2. The molecule has 3 N–H and O–H groups in total. The second-order valence-electron chi connectivity index (χ2n) is 4.90. The number of nitrogens with zero attached hydrogens (tertiary/aromatic N) is 1. The van der Waals surface area contributed by atoms with E-state index in [1.165, 1.54) is 0 Å². The molecule has 1 aliphatic rings. The zero-order valence-electron chi connectivity index (χ0n) is 11.0. The molecular formula is C12H24N2O4. The fourth-order valence-electron chi connectivity index (χ4n) is 2.41. The summed E-state index contributed by atoms with van der Waals surface area (Å²) in [6.07, 6.45) is 1.77. The van der Waals surface area contributed by atoms with Crippen molar-refractivity contribution in [1.29, 1.82) is 0 Å². The minimum Gasteiger partial charge on any atom is -0.480 e. The Kier molecular flexibility index (Phi) is 7.19. The fraction of sp³-hybridized carbons (Fsp3) is 0.917. The molecule has 1 aliphatic heterocycles. The molecule has 1 saturated heterocycles. The van der Waals surface area contributed by atoms with Gasteiger partial charge >= 0.3 is 5.97 Å². The molecule has 0 aliphatic carbocycles. The fourth-order valence-corrected chi connectivity index (χ4v) is 2.41. The molecule has 2 unspecified atom stereocenters. The minimum absolute atomic E-state index is 0.0167. The number of aliphatic hydroxyl groups excluding tert-OH is 1. The van der Waals surface area contributed by atoms with Gasteiger partial charge in [-0.25, -0.2) is 0 Å². The highest BCUT2D eigenvalue weighted by atomic mass is 16.5. The maximum atomic E-state index is 10.4. The van der Waals surface area contributed by atoms with Crippen LogP contribution in [0.3, 0.4) is 0 Å². The highest BCUT2D eigenvalue weighted by Gasteiger charge is 2.21. The predicted molar refractivity (Wildman–Crippen MR) is 67.6 cm³/mol. The lowest BCUT2D eigenvalue weighted by atomic mass is 9.97. The number of hydrogen-bond donors (Lipinski definition) is 3. The molecule has 0 aromatic carbocycles. The Balaban J connectivity index is 2.21. The summed E-state index contributed by atoms with van der Waals surface area (Å²) in [6.45, 7) is 3.64. The van der Waals surface area contributed by atoms with Crippen LogP contribution in [0.5, 0.6) is 0 Å². The topological polar surface area (TPSA) is 82.0 Å². The Labute approximate surface area is 108 Å². The number of aliphatic carboxylic acids is 1.